The third-order valence-electron chi connectivity index (χ3n) is 5.85. The van der Waals surface area contributed by atoms with Gasteiger partial charge in [-0.3, -0.25) is 4.79 Å². The summed E-state index contributed by atoms with van der Waals surface area (Å²) in [5.74, 6) is -3.42. The van der Waals surface area contributed by atoms with Crippen molar-refractivity contribution in [2.24, 2.45) is 5.92 Å². The molecular formula is C24H25F7N2O3S. The van der Waals surface area contributed by atoms with Gasteiger partial charge in [-0.2, -0.15) is 26.3 Å². The standard InChI is InChI=1S/C24H25F7N2O3S/c1-14(22(34)35)13-36-20-11-21-19(10-18(20)24(29,30)31)33(16-7-5-15(25)6-8-16)12-17(32(2)37-21)4-3-9-23(26,27)28/h5-8,10-11,14,17H,3-4,9,12-13H2,1-2H3,(H,34,35). The summed E-state index contributed by atoms with van der Waals surface area (Å²) in [6.07, 6.45) is -10.2. The minimum absolute atomic E-state index is 0.0491. The maximum Gasteiger partial charge on any atom is 0.420 e. The Morgan fingerprint density at radius 2 is 1.81 bits per heavy atom. The van der Waals surface area contributed by atoms with Crippen molar-refractivity contribution in [3.63, 3.8) is 0 Å². The summed E-state index contributed by atoms with van der Waals surface area (Å²) in [5, 5.41) is 9.07. The fourth-order valence-corrected chi connectivity index (χ4v) is 4.85. The minimum Gasteiger partial charge on any atom is -0.492 e. The summed E-state index contributed by atoms with van der Waals surface area (Å²) in [4.78, 5) is 12.9. The number of hydrogen-bond acceptors (Lipinski definition) is 5. The largest absolute Gasteiger partial charge is 0.492 e. The Morgan fingerprint density at radius 1 is 1.16 bits per heavy atom. The van der Waals surface area contributed by atoms with Crippen LogP contribution in [-0.4, -0.2) is 47.8 Å². The van der Waals surface area contributed by atoms with E-state index in [1.807, 2.05) is 0 Å². The normalized spacial score (nSPS) is 17.8. The number of anilines is 2. The SMILES string of the molecule is CC(COc1cc2c(cc1C(F)(F)F)N(c1ccc(F)cc1)CC(CCCC(F)(F)F)N(C)S2)C(=O)O. The molecule has 0 bridgehead atoms. The van der Waals surface area contributed by atoms with Crippen LogP contribution in [0.1, 0.15) is 31.7 Å². The molecule has 13 heteroatoms. The average molecular weight is 555 g/mol. The van der Waals surface area contributed by atoms with E-state index in [0.717, 1.165) is 36.2 Å². The Hall–Kier alpha value is -2.67. The van der Waals surface area contributed by atoms with Crippen molar-refractivity contribution < 1.29 is 45.4 Å². The van der Waals surface area contributed by atoms with Gasteiger partial charge in [0, 0.05) is 24.7 Å². The molecule has 204 valence electrons. The van der Waals surface area contributed by atoms with E-state index in [-0.39, 0.29) is 25.1 Å². The van der Waals surface area contributed by atoms with Crippen LogP contribution < -0.4 is 9.64 Å². The molecule has 3 rings (SSSR count). The molecule has 0 radical (unpaired) electrons. The van der Waals surface area contributed by atoms with Gasteiger partial charge in [0.1, 0.15) is 18.2 Å². The van der Waals surface area contributed by atoms with E-state index in [4.69, 9.17) is 9.84 Å². The number of rotatable bonds is 8. The van der Waals surface area contributed by atoms with E-state index in [1.165, 1.54) is 24.0 Å². The zero-order valence-corrected chi connectivity index (χ0v) is 20.7. The van der Waals surface area contributed by atoms with E-state index in [2.05, 4.69) is 0 Å². The molecule has 1 heterocycles. The van der Waals surface area contributed by atoms with Gasteiger partial charge in [-0.1, -0.05) is 0 Å². The molecule has 0 fully saturated rings. The van der Waals surface area contributed by atoms with E-state index in [1.54, 1.807) is 11.4 Å². The van der Waals surface area contributed by atoms with Crippen molar-refractivity contribution in [2.45, 2.75) is 49.5 Å². The van der Waals surface area contributed by atoms with Crippen LogP contribution in [0.5, 0.6) is 5.75 Å². The number of nitrogens with zero attached hydrogens (tertiary/aromatic N) is 2. The number of likely N-dealkylation sites (N-methyl/N-ethyl adjacent to an activating group) is 1. The highest BCUT2D eigenvalue weighted by atomic mass is 32.2. The van der Waals surface area contributed by atoms with E-state index >= 15 is 0 Å². The highest BCUT2D eigenvalue weighted by Gasteiger charge is 2.38. The molecular weight excluding hydrogens is 529 g/mol. The summed E-state index contributed by atoms with van der Waals surface area (Å²) in [6, 6.07) is 6.59. The number of benzene rings is 2. The first-order valence-corrected chi connectivity index (χ1v) is 12.0. The van der Waals surface area contributed by atoms with Gasteiger partial charge in [0.25, 0.3) is 0 Å². The monoisotopic (exact) mass is 554 g/mol. The second-order valence-corrected chi connectivity index (χ2v) is 9.95. The van der Waals surface area contributed by atoms with Crippen molar-refractivity contribution >= 4 is 29.3 Å². The molecule has 0 amide bonds. The predicted octanol–water partition coefficient (Wildman–Crippen LogP) is 7.14. The number of carbonyl (C=O) groups is 1. The summed E-state index contributed by atoms with van der Waals surface area (Å²) in [5.41, 5.74) is -0.650. The van der Waals surface area contributed by atoms with Crippen molar-refractivity contribution in [1.29, 1.82) is 0 Å². The number of carboxylic acids is 1. The van der Waals surface area contributed by atoms with Gasteiger partial charge in [0.05, 0.1) is 22.1 Å². The topological polar surface area (TPSA) is 53.0 Å². The summed E-state index contributed by atoms with van der Waals surface area (Å²) >= 11 is 1.05. The first kappa shape index (κ1) is 28.9. The van der Waals surface area contributed by atoms with Crippen molar-refractivity contribution in [3.8, 4) is 5.75 Å². The lowest BCUT2D eigenvalue weighted by atomic mass is 10.1. The lowest BCUT2D eigenvalue weighted by Crippen LogP contribution is -2.35. The molecule has 0 aliphatic carbocycles. The van der Waals surface area contributed by atoms with Gasteiger partial charge in [-0.15, -0.1) is 0 Å². The van der Waals surface area contributed by atoms with Crippen LogP contribution in [0, 0.1) is 11.7 Å². The number of fused-ring (bicyclic) bond motifs is 1. The summed E-state index contributed by atoms with van der Waals surface area (Å²) in [7, 11) is 1.63. The number of aliphatic carboxylic acids is 1. The van der Waals surface area contributed by atoms with Gasteiger partial charge in [-0.05, 0) is 75.2 Å². The molecule has 5 nitrogen and oxygen atoms in total. The predicted molar refractivity (Wildman–Crippen MR) is 124 cm³/mol. The molecule has 1 N–H and O–H groups in total. The van der Waals surface area contributed by atoms with Crippen molar-refractivity contribution in [3.05, 3.63) is 47.8 Å². The third kappa shape index (κ3) is 7.67. The first-order valence-electron chi connectivity index (χ1n) is 11.3. The Bertz CT molecular complexity index is 1090. The van der Waals surface area contributed by atoms with Crippen LogP contribution in [0.2, 0.25) is 0 Å². The number of carboxylic acid groups (broad SMARTS) is 1. The Morgan fingerprint density at radius 3 is 2.38 bits per heavy atom. The highest BCUT2D eigenvalue weighted by Crippen LogP contribution is 2.47. The summed E-state index contributed by atoms with van der Waals surface area (Å²) < 4.78 is 101. The number of hydrogen-bond donors (Lipinski definition) is 1. The van der Waals surface area contributed by atoms with Gasteiger partial charge in [0.15, 0.2) is 0 Å². The van der Waals surface area contributed by atoms with E-state index < -0.39 is 60.4 Å². The molecule has 2 unspecified atom stereocenters. The van der Waals surface area contributed by atoms with E-state index in [9.17, 15) is 35.5 Å². The second kappa shape index (κ2) is 11.4. The molecule has 0 saturated heterocycles. The maximum absolute atomic E-state index is 14.0. The molecule has 1 aliphatic heterocycles. The highest BCUT2D eigenvalue weighted by molar-refractivity contribution is 7.97. The average Bonchev–Trinajstić information content (AvgIpc) is 2.91. The lowest BCUT2D eigenvalue weighted by Gasteiger charge is -2.30. The minimum atomic E-state index is -4.85. The van der Waals surface area contributed by atoms with Crippen LogP contribution in [0.4, 0.5) is 42.1 Å². The van der Waals surface area contributed by atoms with Crippen LogP contribution >= 0.6 is 11.9 Å². The molecule has 0 spiro atoms. The third-order valence-corrected chi connectivity index (χ3v) is 6.96. The van der Waals surface area contributed by atoms with Gasteiger partial charge in [0.2, 0.25) is 0 Å². The molecule has 0 saturated carbocycles. The Labute approximate surface area is 213 Å². The van der Waals surface area contributed by atoms with Gasteiger partial charge >= 0.3 is 18.3 Å². The molecule has 1 aliphatic rings. The zero-order valence-electron chi connectivity index (χ0n) is 19.9. The van der Waals surface area contributed by atoms with Crippen LogP contribution in [0.15, 0.2) is 41.3 Å². The van der Waals surface area contributed by atoms with Crippen molar-refractivity contribution in [1.82, 2.24) is 4.31 Å². The smallest absolute Gasteiger partial charge is 0.420 e. The molecule has 2 aromatic rings. The van der Waals surface area contributed by atoms with Gasteiger partial charge < -0.3 is 14.7 Å². The zero-order chi connectivity index (χ0) is 27.5. The molecule has 2 aromatic carbocycles. The van der Waals surface area contributed by atoms with Crippen LogP contribution in [0.3, 0.4) is 0 Å². The first-order chi connectivity index (χ1) is 17.2. The Kier molecular flexibility index (Phi) is 8.89. The fraction of sp³-hybridized carbons (Fsp3) is 0.458. The number of alkyl halides is 6. The van der Waals surface area contributed by atoms with Crippen molar-refractivity contribution in [2.75, 3.05) is 25.1 Å². The second-order valence-electron chi connectivity index (χ2n) is 8.75. The Balaban J connectivity index is 2.06. The molecule has 2 atom stereocenters. The quantitative estimate of drug-likeness (QED) is 0.277. The lowest BCUT2D eigenvalue weighted by molar-refractivity contribution is -0.142. The molecule has 37 heavy (non-hydrogen) atoms. The molecule has 0 aromatic heterocycles. The van der Waals surface area contributed by atoms with Crippen LogP contribution in [-0.2, 0) is 11.0 Å². The van der Waals surface area contributed by atoms with E-state index in [0.29, 0.717) is 10.6 Å². The number of halogens is 7. The summed E-state index contributed by atoms with van der Waals surface area (Å²) in [6.45, 7) is 0.844. The van der Waals surface area contributed by atoms with Gasteiger partial charge in [-0.25, -0.2) is 8.70 Å². The fourth-order valence-electron chi connectivity index (χ4n) is 3.79. The maximum atomic E-state index is 14.0. The number of ether oxygens (including phenoxy) is 1. The van der Waals surface area contributed by atoms with Crippen LogP contribution in [0.25, 0.3) is 0 Å².